The van der Waals surface area contributed by atoms with E-state index in [1.165, 1.54) is 0 Å². The van der Waals surface area contributed by atoms with Crippen LogP contribution in [0.2, 0.25) is 0 Å². The van der Waals surface area contributed by atoms with Crippen LogP contribution >= 0.6 is 0 Å². The lowest BCUT2D eigenvalue weighted by Crippen LogP contribution is -2.22. The van der Waals surface area contributed by atoms with Gasteiger partial charge < -0.3 is 13.9 Å². The van der Waals surface area contributed by atoms with Gasteiger partial charge in [-0.2, -0.15) is 0 Å². The van der Waals surface area contributed by atoms with Crippen molar-refractivity contribution in [3.63, 3.8) is 0 Å². The molecule has 0 saturated carbocycles. The molecule has 0 aliphatic carbocycles. The lowest BCUT2D eigenvalue weighted by atomic mass is 10.1. The van der Waals surface area contributed by atoms with Gasteiger partial charge >= 0.3 is 0 Å². The van der Waals surface area contributed by atoms with Crippen LogP contribution in [0.25, 0.3) is 22.6 Å². The topological polar surface area (TPSA) is 31.6 Å². The van der Waals surface area contributed by atoms with Gasteiger partial charge in [0.2, 0.25) is 0 Å². The highest BCUT2D eigenvalue weighted by Crippen LogP contribution is 2.31. The van der Waals surface area contributed by atoms with E-state index in [9.17, 15) is 0 Å². The summed E-state index contributed by atoms with van der Waals surface area (Å²) in [7, 11) is 0. The highest BCUT2D eigenvalue weighted by molar-refractivity contribution is 5.65. The van der Waals surface area contributed by atoms with E-state index in [0.717, 1.165) is 34.1 Å². The van der Waals surface area contributed by atoms with Crippen molar-refractivity contribution < 1.29 is 13.9 Å². The van der Waals surface area contributed by atoms with E-state index in [2.05, 4.69) is 0 Å². The van der Waals surface area contributed by atoms with Crippen molar-refractivity contribution >= 4 is 0 Å². The quantitative estimate of drug-likeness (QED) is 0.501. The molecule has 1 heterocycles. The molecule has 0 spiro atoms. The van der Waals surface area contributed by atoms with Crippen LogP contribution in [0.4, 0.5) is 0 Å². The molecule has 3 aromatic rings. The number of furan rings is 1. The third-order valence-corrected chi connectivity index (χ3v) is 3.73. The number of benzene rings is 2. The fourth-order valence-electron chi connectivity index (χ4n) is 2.73. The fraction of sp³-hybridized carbons (Fsp3) is 0.333. The summed E-state index contributed by atoms with van der Waals surface area (Å²) < 4.78 is 17.8. The smallest absolute Gasteiger partial charge is 0.134 e. The van der Waals surface area contributed by atoms with E-state index in [1.807, 2.05) is 102 Å². The molecule has 0 aliphatic rings. The molecular formula is C24H28O3. The molecule has 3 heteroatoms. The molecular weight excluding hydrogens is 336 g/mol. The van der Waals surface area contributed by atoms with Crippen LogP contribution in [0.1, 0.15) is 41.5 Å². The van der Waals surface area contributed by atoms with E-state index in [1.54, 1.807) is 0 Å². The second-order valence-electron chi connectivity index (χ2n) is 8.64. The Bertz CT molecular complexity index is 799. The second-order valence-corrected chi connectivity index (χ2v) is 8.64. The highest BCUT2D eigenvalue weighted by Gasteiger charge is 2.14. The van der Waals surface area contributed by atoms with Gasteiger partial charge in [-0.3, -0.25) is 0 Å². The van der Waals surface area contributed by atoms with E-state index >= 15 is 0 Å². The minimum atomic E-state index is -0.206. The largest absolute Gasteiger partial charge is 0.488 e. The maximum Gasteiger partial charge on any atom is 0.134 e. The molecule has 142 valence electrons. The zero-order chi connectivity index (χ0) is 19.7. The third kappa shape index (κ3) is 5.40. The molecule has 3 rings (SSSR count). The Hall–Kier alpha value is -2.68. The maximum atomic E-state index is 6.06. The van der Waals surface area contributed by atoms with Crippen molar-refractivity contribution in [3.8, 4) is 34.1 Å². The Morgan fingerprint density at radius 2 is 0.852 bits per heavy atom. The average Bonchev–Trinajstić information content (AvgIpc) is 3.03. The van der Waals surface area contributed by atoms with Crippen LogP contribution in [0.5, 0.6) is 11.5 Å². The van der Waals surface area contributed by atoms with Gasteiger partial charge in [-0.25, -0.2) is 0 Å². The van der Waals surface area contributed by atoms with E-state index in [0.29, 0.717) is 0 Å². The predicted molar refractivity (Wildman–Crippen MR) is 110 cm³/mol. The van der Waals surface area contributed by atoms with E-state index in [4.69, 9.17) is 13.9 Å². The van der Waals surface area contributed by atoms with Crippen molar-refractivity contribution in [3.05, 3.63) is 60.7 Å². The Balaban J connectivity index is 1.75. The molecule has 0 aliphatic heterocycles. The summed E-state index contributed by atoms with van der Waals surface area (Å²) >= 11 is 0. The molecule has 1 aromatic heterocycles. The van der Waals surface area contributed by atoms with Crippen LogP contribution in [-0.4, -0.2) is 11.2 Å². The summed E-state index contributed by atoms with van der Waals surface area (Å²) in [4.78, 5) is 0. The summed E-state index contributed by atoms with van der Waals surface area (Å²) in [5.41, 5.74) is 1.63. The number of hydrogen-bond acceptors (Lipinski definition) is 3. The lowest BCUT2D eigenvalue weighted by Gasteiger charge is -2.21. The first-order valence-corrected chi connectivity index (χ1v) is 9.28. The molecule has 0 radical (unpaired) electrons. The molecule has 0 bridgehead atoms. The van der Waals surface area contributed by atoms with E-state index < -0.39 is 0 Å². The van der Waals surface area contributed by atoms with Gasteiger partial charge in [0.05, 0.1) is 0 Å². The summed E-state index contributed by atoms with van der Waals surface area (Å²) in [6, 6.07) is 20.0. The van der Waals surface area contributed by atoms with Gasteiger partial charge in [-0.15, -0.1) is 0 Å². The standard InChI is InChI=1S/C24H28O3/c1-23(2,3)26-19-11-7-17(8-12-19)21-15-16-22(25-21)18-9-13-20(14-10-18)27-24(4,5)6/h7-16H,1-6H3. The maximum absolute atomic E-state index is 6.06. The first-order valence-electron chi connectivity index (χ1n) is 9.28. The van der Waals surface area contributed by atoms with Crippen LogP contribution in [-0.2, 0) is 0 Å². The number of ether oxygens (including phenoxy) is 2. The molecule has 0 fully saturated rings. The van der Waals surface area contributed by atoms with Crippen molar-refractivity contribution in [1.82, 2.24) is 0 Å². The Morgan fingerprint density at radius 3 is 1.15 bits per heavy atom. The van der Waals surface area contributed by atoms with Gasteiger partial charge in [0.15, 0.2) is 0 Å². The fourth-order valence-corrected chi connectivity index (χ4v) is 2.73. The SMILES string of the molecule is CC(C)(C)Oc1ccc(-c2ccc(-c3ccc(OC(C)(C)C)cc3)o2)cc1. The molecule has 3 nitrogen and oxygen atoms in total. The minimum absolute atomic E-state index is 0.206. The van der Waals surface area contributed by atoms with Crippen molar-refractivity contribution in [2.24, 2.45) is 0 Å². The molecule has 27 heavy (non-hydrogen) atoms. The van der Waals surface area contributed by atoms with Gasteiger partial charge in [0.1, 0.15) is 34.2 Å². The van der Waals surface area contributed by atoms with Crippen LogP contribution in [0.3, 0.4) is 0 Å². The van der Waals surface area contributed by atoms with Crippen molar-refractivity contribution in [2.45, 2.75) is 52.7 Å². The minimum Gasteiger partial charge on any atom is -0.488 e. The van der Waals surface area contributed by atoms with Gasteiger partial charge in [0.25, 0.3) is 0 Å². The summed E-state index contributed by atoms with van der Waals surface area (Å²) in [5.74, 6) is 3.38. The monoisotopic (exact) mass is 364 g/mol. The normalized spacial score (nSPS) is 12.1. The molecule has 0 atom stereocenters. The van der Waals surface area contributed by atoms with Gasteiger partial charge in [0, 0.05) is 11.1 Å². The van der Waals surface area contributed by atoms with Gasteiger partial charge in [-0.1, -0.05) is 0 Å². The molecule has 0 unspecified atom stereocenters. The Morgan fingerprint density at radius 1 is 0.519 bits per heavy atom. The van der Waals surface area contributed by atoms with Crippen LogP contribution < -0.4 is 9.47 Å². The third-order valence-electron chi connectivity index (χ3n) is 3.73. The molecule has 0 amide bonds. The van der Waals surface area contributed by atoms with E-state index in [-0.39, 0.29) is 11.2 Å². The summed E-state index contributed by atoms with van der Waals surface area (Å²) in [6.07, 6.45) is 0. The van der Waals surface area contributed by atoms with Crippen molar-refractivity contribution in [1.29, 1.82) is 0 Å². The molecule has 0 saturated heterocycles. The van der Waals surface area contributed by atoms with Crippen LogP contribution in [0.15, 0.2) is 65.1 Å². The Kier molecular flexibility index (Phi) is 5.05. The first-order chi connectivity index (χ1) is 12.6. The number of rotatable bonds is 4. The lowest BCUT2D eigenvalue weighted by molar-refractivity contribution is 0.130. The van der Waals surface area contributed by atoms with Crippen molar-refractivity contribution in [2.75, 3.05) is 0 Å². The summed E-state index contributed by atoms with van der Waals surface area (Å²) in [5, 5.41) is 0. The second kappa shape index (κ2) is 7.15. The Labute approximate surface area is 161 Å². The summed E-state index contributed by atoms with van der Waals surface area (Å²) in [6.45, 7) is 12.2. The first kappa shape index (κ1) is 19.1. The molecule has 2 aromatic carbocycles. The average molecular weight is 364 g/mol. The highest BCUT2D eigenvalue weighted by atomic mass is 16.5. The van der Waals surface area contributed by atoms with Crippen LogP contribution in [0, 0.1) is 0 Å². The predicted octanol–water partition coefficient (Wildman–Crippen LogP) is 6.97. The zero-order valence-corrected chi connectivity index (χ0v) is 17.0. The van der Waals surface area contributed by atoms with Gasteiger partial charge in [-0.05, 0) is 102 Å². The molecule has 0 N–H and O–H groups in total. The zero-order valence-electron chi connectivity index (χ0n) is 17.0. The number of hydrogen-bond donors (Lipinski definition) is 0.